The topological polar surface area (TPSA) is 138 Å². The SMILES string of the molecule is Cc1ccncc1-c1cc2cc(NC(=O)C(=O)N3CC(C#N)C3)ncc2c(N)n1. The summed E-state index contributed by atoms with van der Waals surface area (Å²) in [6.45, 7) is 2.49. The molecule has 9 nitrogen and oxygen atoms in total. The maximum absolute atomic E-state index is 12.2. The summed E-state index contributed by atoms with van der Waals surface area (Å²) >= 11 is 0. The quantitative estimate of drug-likeness (QED) is 0.635. The first kappa shape index (κ1) is 18.3. The molecule has 0 aliphatic carbocycles. The number of fused-ring (bicyclic) bond motifs is 1. The van der Waals surface area contributed by atoms with Crippen LogP contribution in [0.15, 0.2) is 36.8 Å². The fraction of sp³-hybridized carbons (Fsp3) is 0.200. The number of anilines is 2. The van der Waals surface area contributed by atoms with E-state index in [1.807, 2.05) is 19.1 Å². The zero-order chi connectivity index (χ0) is 20.5. The average molecular weight is 387 g/mol. The highest BCUT2D eigenvalue weighted by Gasteiger charge is 2.34. The molecule has 0 radical (unpaired) electrons. The molecule has 3 aromatic rings. The molecule has 0 aromatic carbocycles. The van der Waals surface area contributed by atoms with E-state index in [-0.39, 0.29) is 24.8 Å². The van der Waals surface area contributed by atoms with Crippen LogP contribution in [-0.2, 0) is 9.59 Å². The van der Waals surface area contributed by atoms with Gasteiger partial charge in [0.1, 0.15) is 11.6 Å². The average Bonchev–Trinajstić information content (AvgIpc) is 2.67. The van der Waals surface area contributed by atoms with Crippen LogP contribution in [0.5, 0.6) is 0 Å². The van der Waals surface area contributed by atoms with Gasteiger partial charge in [0, 0.05) is 42.6 Å². The second kappa shape index (κ2) is 7.16. The van der Waals surface area contributed by atoms with Crippen LogP contribution in [0, 0.1) is 24.2 Å². The highest BCUT2D eigenvalue weighted by atomic mass is 16.2. The van der Waals surface area contributed by atoms with Gasteiger partial charge in [-0.25, -0.2) is 9.97 Å². The molecule has 4 rings (SSSR count). The molecule has 3 N–H and O–H groups in total. The van der Waals surface area contributed by atoms with Gasteiger partial charge in [-0.15, -0.1) is 0 Å². The molecule has 1 aliphatic rings. The van der Waals surface area contributed by atoms with Gasteiger partial charge in [-0.05, 0) is 36.1 Å². The van der Waals surface area contributed by atoms with Crippen molar-refractivity contribution in [3.05, 3.63) is 42.4 Å². The largest absolute Gasteiger partial charge is 0.383 e. The molecular weight excluding hydrogens is 370 g/mol. The third-order valence-electron chi connectivity index (χ3n) is 4.85. The van der Waals surface area contributed by atoms with Crippen LogP contribution >= 0.6 is 0 Å². The van der Waals surface area contributed by atoms with Gasteiger partial charge in [-0.3, -0.25) is 14.6 Å². The molecular formula is C20H17N7O2. The van der Waals surface area contributed by atoms with E-state index in [0.29, 0.717) is 16.9 Å². The maximum atomic E-state index is 12.2. The maximum Gasteiger partial charge on any atom is 0.315 e. The van der Waals surface area contributed by atoms with Gasteiger partial charge >= 0.3 is 11.8 Å². The summed E-state index contributed by atoms with van der Waals surface area (Å²) in [6.07, 6.45) is 4.93. The Hall–Kier alpha value is -4.06. The van der Waals surface area contributed by atoms with E-state index >= 15 is 0 Å². The predicted molar refractivity (Wildman–Crippen MR) is 106 cm³/mol. The van der Waals surface area contributed by atoms with Crippen LogP contribution < -0.4 is 11.1 Å². The number of aryl methyl sites for hydroxylation is 1. The van der Waals surface area contributed by atoms with Crippen LogP contribution in [0.25, 0.3) is 22.0 Å². The van der Waals surface area contributed by atoms with E-state index in [4.69, 9.17) is 11.0 Å². The lowest BCUT2D eigenvalue weighted by Gasteiger charge is -2.34. The number of nitrogens with two attached hydrogens (primary N) is 1. The van der Waals surface area contributed by atoms with Crippen LogP contribution in [0.4, 0.5) is 11.6 Å². The minimum Gasteiger partial charge on any atom is -0.383 e. The lowest BCUT2D eigenvalue weighted by atomic mass is 10.0. The number of carbonyl (C=O) groups is 2. The van der Waals surface area contributed by atoms with E-state index < -0.39 is 11.8 Å². The molecule has 1 aliphatic heterocycles. The van der Waals surface area contributed by atoms with Crippen molar-refractivity contribution < 1.29 is 9.59 Å². The van der Waals surface area contributed by atoms with Gasteiger partial charge in [0.05, 0.1) is 17.7 Å². The number of aromatic nitrogens is 3. The van der Waals surface area contributed by atoms with Crippen LogP contribution in [0.3, 0.4) is 0 Å². The Labute approximate surface area is 166 Å². The summed E-state index contributed by atoms with van der Waals surface area (Å²) in [5.74, 6) is -1.15. The van der Waals surface area contributed by atoms with Crippen molar-refractivity contribution in [2.24, 2.45) is 5.92 Å². The fourth-order valence-corrected chi connectivity index (χ4v) is 3.15. The number of nitriles is 1. The van der Waals surface area contributed by atoms with Gasteiger partial charge < -0.3 is 16.0 Å². The molecule has 3 aromatic heterocycles. The monoisotopic (exact) mass is 387 g/mol. The van der Waals surface area contributed by atoms with Gasteiger partial charge in [0.25, 0.3) is 0 Å². The summed E-state index contributed by atoms with van der Waals surface area (Å²) in [4.78, 5) is 38.4. The second-order valence-corrected chi connectivity index (χ2v) is 6.86. The molecule has 144 valence electrons. The fourth-order valence-electron chi connectivity index (χ4n) is 3.15. The molecule has 0 saturated carbocycles. The predicted octanol–water partition coefficient (Wildman–Crippen LogP) is 1.50. The number of likely N-dealkylation sites (tertiary alicyclic amines) is 1. The first-order valence-corrected chi connectivity index (χ1v) is 8.93. The lowest BCUT2D eigenvalue weighted by molar-refractivity contribution is -0.146. The van der Waals surface area contributed by atoms with Crippen LogP contribution in [0.1, 0.15) is 5.56 Å². The van der Waals surface area contributed by atoms with E-state index in [1.165, 1.54) is 11.1 Å². The van der Waals surface area contributed by atoms with Gasteiger partial charge in [-0.1, -0.05) is 0 Å². The standard InChI is InChI=1S/C20H17N7O2/c1-11-2-3-23-7-14(11)16-4-13-5-17(24-8-15(13)18(22)25-16)26-19(28)20(29)27-9-12(6-21)10-27/h2-5,7-8,12H,9-10H2,1H3,(H2,22,25)(H,24,26,28). The molecule has 4 heterocycles. The van der Waals surface area contributed by atoms with Gasteiger partial charge in [-0.2, -0.15) is 5.26 Å². The smallest absolute Gasteiger partial charge is 0.315 e. The summed E-state index contributed by atoms with van der Waals surface area (Å²) in [6, 6.07) is 7.42. The Morgan fingerprint density at radius 3 is 2.83 bits per heavy atom. The molecule has 1 fully saturated rings. The Kier molecular flexibility index (Phi) is 4.52. The molecule has 0 bridgehead atoms. The molecule has 9 heteroatoms. The van der Waals surface area contributed by atoms with E-state index in [1.54, 1.807) is 18.5 Å². The Bertz CT molecular complexity index is 1180. The number of hydrogen-bond donors (Lipinski definition) is 2. The van der Waals surface area contributed by atoms with Crippen LogP contribution in [0.2, 0.25) is 0 Å². The van der Waals surface area contributed by atoms with Crippen molar-refractivity contribution in [2.75, 3.05) is 24.1 Å². The van der Waals surface area contributed by atoms with Crippen molar-refractivity contribution in [3.63, 3.8) is 0 Å². The summed E-state index contributed by atoms with van der Waals surface area (Å²) in [5.41, 5.74) is 8.60. The minimum absolute atomic E-state index is 0.213. The van der Waals surface area contributed by atoms with E-state index in [0.717, 1.165) is 16.5 Å². The van der Waals surface area contributed by atoms with Crippen molar-refractivity contribution in [1.29, 1.82) is 5.26 Å². The normalized spacial score (nSPS) is 13.6. The molecule has 0 atom stereocenters. The van der Waals surface area contributed by atoms with Crippen LogP contribution in [-0.4, -0.2) is 44.8 Å². The number of nitrogens with one attached hydrogen (secondary N) is 1. The highest BCUT2D eigenvalue weighted by Crippen LogP contribution is 2.28. The highest BCUT2D eigenvalue weighted by molar-refractivity contribution is 6.39. The van der Waals surface area contributed by atoms with Crippen molar-refractivity contribution in [3.8, 4) is 17.3 Å². The lowest BCUT2D eigenvalue weighted by Crippen LogP contribution is -2.53. The molecule has 2 amide bonds. The van der Waals surface area contributed by atoms with Crippen molar-refractivity contribution >= 4 is 34.2 Å². The summed E-state index contributed by atoms with van der Waals surface area (Å²) in [7, 11) is 0. The summed E-state index contributed by atoms with van der Waals surface area (Å²) in [5, 5.41) is 12.7. The Balaban J connectivity index is 1.60. The molecule has 0 spiro atoms. The summed E-state index contributed by atoms with van der Waals surface area (Å²) < 4.78 is 0. The molecule has 0 unspecified atom stereocenters. The van der Waals surface area contributed by atoms with Gasteiger partial charge in [0.2, 0.25) is 0 Å². The number of amides is 2. The third kappa shape index (κ3) is 3.43. The number of pyridine rings is 3. The van der Waals surface area contributed by atoms with Crippen molar-refractivity contribution in [1.82, 2.24) is 19.9 Å². The van der Waals surface area contributed by atoms with Gasteiger partial charge in [0.15, 0.2) is 0 Å². The number of nitrogens with zero attached hydrogens (tertiary/aromatic N) is 5. The molecule has 29 heavy (non-hydrogen) atoms. The number of carbonyl (C=O) groups excluding carboxylic acids is 2. The van der Waals surface area contributed by atoms with E-state index in [9.17, 15) is 9.59 Å². The Morgan fingerprint density at radius 1 is 1.31 bits per heavy atom. The number of nitrogen functional groups attached to an aromatic ring is 1. The Morgan fingerprint density at radius 2 is 2.10 bits per heavy atom. The third-order valence-corrected chi connectivity index (χ3v) is 4.85. The second-order valence-electron chi connectivity index (χ2n) is 6.86. The number of hydrogen-bond acceptors (Lipinski definition) is 7. The zero-order valence-electron chi connectivity index (χ0n) is 15.6. The first-order chi connectivity index (χ1) is 14.0. The molecule has 1 saturated heterocycles. The number of rotatable bonds is 2. The zero-order valence-corrected chi connectivity index (χ0v) is 15.6. The first-order valence-electron chi connectivity index (χ1n) is 8.93. The van der Waals surface area contributed by atoms with Crippen molar-refractivity contribution in [2.45, 2.75) is 6.92 Å². The van der Waals surface area contributed by atoms with E-state index in [2.05, 4.69) is 26.3 Å². The minimum atomic E-state index is -0.793.